The lowest BCUT2D eigenvalue weighted by atomic mass is 10.0. The summed E-state index contributed by atoms with van der Waals surface area (Å²) in [4.78, 5) is 12.5. The molecule has 0 aromatic heterocycles. The summed E-state index contributed by atoms with van der Waals surface area (Å²) in [7, 11) is -4.16. The van der Waals surface area contributed by atoms with Crippen LogP contribution < -0.4 is 0 Å². The number of phenols is 1. The van der Waals surface area contributed by atoms with E-state index in [1.165, 1.54) is 6.08 Å². The fraction of sp³-hybridized carbons (Fsp3) is 0.364. The van der Waals surface area contributed by atoms with Crippen LogP contribution in [0.1, 0.15) is 18.4 Å². The third-order valence-corrected chi connectivity index (χ3v) is 4.12. The summed E-state index contributed by atoms with van der Waals surface area (Å²) in [5.41, 5.74) is -1.43. The van der Waals surface area contributed by atoms with Gasteiger partial charge in [0.05, 0.1) is 0 Å². The number of benzene rings is 1. The van der Waals surface area contributed by atoms with E-state index in [9.17, 15) is 27.1 Å². The Hall–Kier alpha value is -1.79. The van der Waals surface area contributed by atoms with E-state index >= 15 is 0 Å². The van der Waals surface area contributed by atoms with Crippen LogP contribution in [0.4, 0.5) is 8.78 Å². The highest BCUT2D eigenvalue weighted by atomic mass is 32.2. The Labute approximate surface area is 107 Å². The van der Waals surface area contributed by atoms with E-state index in [1.807, 2.05) is 0 Å². The first-order valence-electron chi connectivity index (χ1n) is 5.23. The molecule has 0 heterocycles. The lowest BCUT2D eigenvalue weighted by molar-refractivity contribution is 0.399. The minimum absolute atomic E-state index is 0.238. The van der Waals surface area contributed by atoms with Gasteiger partial charge in [-0.1, -0.05) is 0 Å². The first-order chi connectivity index (χ1) is 8.73. The van der Waals surface area contributed by atoms with Crippen LogP contribution in [0.5, 0.6) is 5.75 Å². The molecule has 19 heavy (non-hydrogen) atoms. The maximum absolute atomic E-state index is 13.8. The van der Waals surface area contributed by atoms with Crippen LogP contribution >= 0.6 is 0 Å². The zero-order valence-corrected chi connectivity index (χ0v) is 10.6. The smallest absolute Gasteiger partial charge is 0.235 e. The van der Waals surface area contributed by atoms with Gasteiger partial charge in [0.25, 0.3) is 0 Å². The highest BCUT2D eigenvalue weighted by Crippen LogP contribution is 2.53. The largest absolute Gasteiger partial charge is 0.505 e. The summed E-state index contributed by atoms with van der Waals surface area (Å²) in [5.74, 6) is -3.89. The van der Waals surface area contributed by atoms with Crippen molar-refractivity contribution in [2.45, 2.75) is 23.3 Å². The van der Waals surface area contributed by atoms with E-state index in [0.29, 0.717) is 25.2 Å². The van der Waals surface area contributed by atoms with Gasteiger partial charge in [-0.05, 0) is 18.9 Å². The normalized spacial score (nSPS) is 16.8. The van der Waals surface area contributed by atoms with Crippen LogP contribution in [0.3, 0.4) is 0 Å². The molecule has 2 rings (SSSR count). The minimum atomic E-state index is -4.16. The van der Waals surface area contributed by atoms with Crippen LogP contribution in [-0.2, 0) is 20.2 Å². The summed E-state index contributed by atoms with van der Waals surface area (Å²) in [6.07, 6.45) is 2.56. The van der Waals surface area contributed by atoms with Crippen LogP contribution in [0.25, 0.3) is 0 Å². The Morgan fingerprint density at radius 1 is 1.42 bits per heavy atom. The number of nitrogens with zero attached hydrogens (tertiary/aromatic N) is 1. The number of hydrogen-bond donors (Lipinski definition) is 1. The molecule has 0 spiro atoms. The van der Waals surface area contributed by atoms with Crippen LogP contribution in [0.15, 0.2) is 16.0 Å². The molecule has 1 aromatic rings. The van der Waals surface area contributed by atoms with E-state index in [-0.39, 0.29) is 5.56 Å². The average Bonchev–Trinajstić information content (AvgIpc) is 3.03. The second-order valence-corrected chi connectivity index (χ2v) is 6.36. The molecule has 1 aliphatic carbocycles. The van der Waals surface area contributed by atoms with Gasteiger partial charge in [0.1, 0.15) is 16.3 Å². The van der Waals surface area contributed by atoms with Gasteiger partial charge in [0, 0.05) is 11.8 Å². The molecule has 0 unspecified atom stereocenters. The fourth-order valence-corrected chi connectivity index (χ4v) is 2.77. The van der Waals surface area contributed by atoms with Crippen LogP contribution in [-0.4, -0.2) is 25.9 Å². The van der Waals surface area contributed by atoms with Crippen molar-refractivity contribution in [1.29, 1.82) is 0 Å². The third-order valence-electron chi connectivity index (χ3n) is 3.01. The van der Waals surface area contributed by atoms with E-state index in [0.717, 1.165) is 0 Å². The van der Waals surface area contributed by atoms with E-state index in [4.69, 9.17) is 0 Å². The third kappa shape index (κ3) is 2.13. The molecule has 0 atom stereocenters. The Morgan fingerprint density at radius 3 is 2.42 bits per heavy atom. The lowest BCUT2D eigenvalue weighted by Crippen LogP contribution is -2.10. The molecule has 0 amide bonds. The number of carbonyl (C=O) groups excluding carboxylic acids is 1. The molecule has 1 N–H and O–H groups in total. The first-order valence-corrected chi connectivity index (χ1v) is 7.12. The maximum atomic E-state index is 13.8. The van der Waals surface area contributed by atoms with Gasteiger partial charge in [0.15, 0.2) is 21.4 Å². The number of isocyanates is 1. The van der Waals surface area contributed by atoms with Crippen LogP contribution in [0, 0.1) is 11.6 Å². The Balaban J connectivity index is 2.73. The molecule has 1 aromatic carbocycles. The Kier molecular flexibility index (Phi) is 2.95. The Bertz CT molecular complexity index is 704. The van der Waals surface area contributed by atoms with Gasteiger partial charge >= 0.3 is 0 Å². The molecule has 1 fully saturated rings. The predicted octanol–water partition coefficient (Wildman–Crippen LogP) is 1.40. The second-order valence-electron chi connectivity index (χ2n) is 4.40. The Morgan fingerprint density at radius 2 is 2.00 bits per heavy atom. The molecule has 5 nitrogen and oxygen atoms in total. The number of aliphatic imine (C=N–C) groups is 1. The summed E-state index contributed by atoms with van der Waals surface area (Å²) >= 11 is 0. The molecule has 1 saturated carbocycles. The van der Waals surface area contributed by atoms with Crippen molar-refractivity contribution >= 4 is 15.9 Å². The van der Waals surface area contributed by atoms with Crippen molar-refractivity contribution in [3.05, 3.63) is 23.3 Å². The average molecular weight is 289 g/mol. The van der Waals surface area contributed by atoms with Gasteiger partial charge in [-0.3, -0.25) is 0 Å². The van der Waals surface area contributed by atoms with E-state index in [2.05, 4.69) is 4.99 Å². The van der Waals surface area contributed by atoms with Gasteiger partial charge in [-0.25, -0.2) is 22.0 Å². The van der Waals surface area contributed by atoms with Crippen molar-refractivity contribution in [1.82, 2.24) is 0 Å². The number of halogens is 2. The number of aromatic hydroxyl groups is 1. The number of hydrogen-bond acceptors (Lipinski definition) is 5. The number of sulfone groups is 1. The van der Waals surface area contributed by atoms with Gasteiger partial charge in [0.2, 0.25) is 6.08 Å². The molecular weight excluding hydrogens is 280 g/mol. The predicted molar refractivity (Wildman–Crippen MR) is 60.2 cm³/mol. The van der Waals surface area contributed by atoms with E-state index < -0.39 is 37.7 Å². The lowest BCUT2D eigenvalue weighted by Gasteiger charge is -2.13. The van der Waals surface area contributed by atoms with Gasteiger partial charge in [-0.15, -0.1) is 0 Å². The molecule has 1 aliphatic rings. The SMILES string of the molecule is CS(=O)(=O)c1c(F)cc(C2(N=C=O)CC2)c(O)c1F. The zero-order chi connectivity index (χ0) is 14.4. The molecule has 0 aliphatic heterocycles. The standard InChI is InChI=1S/C11H9F2NO4S/c1-19(17,18)10-7(12)4-6(9(16)8(10)13)11(2-3-11)14-5-15/h4,16H,2-3H2,1H3. The molecular formula is C11H9F2NO4S. The van der Waals surface area contributed by atoms with Crippen molar-refractivity contribution in [2.24, 2.45) is 4.99 Å². The van der Waals surface area contributed by atoms with Crippen molar-refractivity contribution in [3.63, 3.8) is 0 Å². The molecule has 0 saturated heterocycles. The topological polar surface area (TPSA) is 83.8 Å². The fourth-order valence-electron chi connectivity index (χ4n) is 1.93. The van der Waals surface area contributed by atoms with Gasteiger partial charge in [-0.2, -0.15) is 4.99 Å². The summed E-state index contributed by atoms with van der Waals surface area (Å²) in [5, 5.41) is 9.67. The van der Waals surface area contributed by atoms with Crippen molar-refractivity contribution in [2.75, 3.05) is 6.26 Å². The van der Waals surface area contributed by atoms with E-state index in [1.54, 1.807) is 0 Å². The zero-order valence-electron chi connectivity index (χ0n) is 9.77. The number of rotatable bonds is 3. The van der Waals surface area contributed by atoms with Crippen LogP contribution in [0.2, 0.25) is 0 Å². The summed E-state index contributed by atoms with van der Waals surface area (Å²) in [6, 6.07) is 0.697. The first kappa shape index (κ1) is 13.6. The molecule has 0 radical (unpaired) electrons. The highest BCUT2D eigenvalue weighted by molar-refractivity contribution is 7.90. The molecule has 8 heteroatoms. The quantitative estimate of drug-likeness (QED) is 0.673. The monoisotopic (exact) mass is 289 g/mol. The maximum Gasteiger partial charge on any atom is 0.235 e. The van der Waals surface area contributed by atoms with Crippen molar-refractivity contribution in [3.8, 4) is 5.75 Å². The molecule has 102 valence electrons. The van der Waals surface area contributed by atoms with Gasteiger partial charge < -0.3 is 5.11 Å². The number of phenolic OH excluding ortho intramolecular Hbond substituents is 1. The summed E-state index contributed by atoms with van der Waals surface area (Å²) in [6.45, 7) is 0. The van der Waals surface area contributed by atoms with Crippen molar-refractivity contribution < 1.29 is 27.1 Å². The highest BCUT2D eigenvalue weighted by Gasteiger charge is 2.48. The summed E-state index contributed by atoms with van der Waals surface area (Å²) < 4.78 is 50.0. The second kappa shape index (κ2) is 4.11. The minimum Gasteiger partial charge on any atom is -0.505 e. The molecule has 0 bridgehead atoms.